The molecule has 11 heteroatoms. The molecule has 2 rings (SSSR count). The van der Waals surface area contributed by atoms with E-state index in [1.807, 2.05) is 0 Å². The fourth-order valence-corrected chi connectivity index (χ4v) is 2.67. The minimum Gasteiger partial charge on any atom is -0.462 e. The van der Waals surface area contributed by atoms with E-state index in [0.717, 1.165) is 13.0 Å². The zero-order valence-electron chi connectivity index (χ0n) is 14.4. The number of hydrogen-bond donors (Lipinski definition) is 0. The number of esters is 2. The number of aromatic nitrogens is 1. The predicted octanol–water partition coefficient (Wildman–Crippen LogP) is 2.41. The Hall–Kier alpha value is -3.50. The highest BCUT2D eigenvalue weighted by Gasteiger charge is 2.37. The molecule has 0 aliphatic carbocycles. The molecule has 26 heavy (non-hydrogen) atoms. The van der Waals surface area contributed by atoms with E-state index in [2.05, 4.69) is 0 Å². The first-order chi connectivity index (χ1) is 12.1. The van der Waals surface area contributed by atoms with Gasteiger partial charge in [-0.3, -0.25) is 25.0 Å². The summed E-state index contributed by atoms with van der Waals surface area (Å²) in [4.78, 5) is 44.9. The van der Waals surface area contributed by atoms with Gasteiger partial charge >= 0.3 is 23.3 Å². The molecule has 0 atom stereocenters. The molecule has 2 aromatic rings. The van der Waals surface area contributed by atoms with Gasteiger partial charge in [0.25, 0.3) is 5.75 Å². The molecule has 0 spiro atoms. The number of hydrogen-bond acceptors (Lipinski definition) is 8. The maximum absolute atomic E-state index is 12.3. The Morgan fingerprint density at radius 1 is 1.23 bits per heavy atom. The van der Waals surface area contributed by atoms with Gasteiger partial charge in [0.1, 0.15) is 0 Å². The lowest BCUT2D eigenvalue weighted by Crippen LogP contribution is -2.09. The Labute approximate surface area is 146 Å². The molecule has 1 aromatic heterocycles. The Kier molecular flexibility index (Phi) is 4.91. The van der Waals surface area contributed by atoms with Crippen LogP contribution in [-0.2, 0) is 16.6 Å². The third-order valence-electron chi connectivity index (χ3n) is 3.79. The zero-order valence-corrected chi connectivity index (χ0v) is 14.4. The fraction of sp³-hybridized carbons (Fsp3) is 0.333. The van der Waals surface area contributed by atoms with Gasteiger partial charge in [0.05, 0.1) is 32.9 Å². The second-order valence-electron chi connectivity index (χ2n) is 5.32. The van der Waals surface area contributed by atoms with Gasteiger partial charge in [0.15, 0.2) is 0 Å². The van der Waals surface area contributed by atoms with E-state index in [1.165, 1.54) is 18.5 Å². The van der Waals surface area contributed by atoms with Gasteiger partial charge in [-0.2, -0.15) is 0 Å². The van der Waals surface area contributed by atoms with E-state index in [1.54, 1.807) is 6.92 Å². The largest absolute Gasteiger partial charge is 0.462 e. The number of fused-ring (bicyclic) bond motifs is 1. The van der Waals surface area contributed by atoms with E-state index in [9.17, 15) is 29.8 Å². The molecule has 138 valence electrons. The minimum atomic E-state index is -0.971. The molecule has 1 aromatic carbocycles. The topological polar surface area (TPSA) is 144 Å². The average Bonchev–Trinajstić information content (AvgIpc) is 2.77. The normalized spacial score (nSPS) is 10.6. The van der Waals surface area contributed by atoms with Crippen molar-refractivity contribution in [3.05, 3.63) is 37.6 Å². The molecular formula is C15H15N3O8. The summed E-state index contributed by atoms with van der Waals surface area (Å²) in [6.45, 7) is 4.08. The summed E-state index contributed by atoms with van der Waals surface area (Å²) in [7, 11) is 1.50. The van der Waals surface area contributed by atoms with Crippen LogP contribution in [0.4, 0.5) is 11.4 Å². The summed E-state index contributed by atoms with van der Waals surface area (Å²) in [5.74, 6) is -2.61. The standard InChI is InChI=1S/C15H15N3O8/c1-5-25-15(20)11-7(2)16(4)9-6-10(17(21)22)14(26-8(3)19)13(12(9)11)18(23)24/h6H,5H2,1-4H3. The molecule has 0 radical (unpaired) electrons. The quantitative estimate of drug-likeness (QED) is 0.340. The van der Waals surface area contributed by atoms with Crippen molar-refractivity contribution in [2.24, 2.45) is 7.05 Å². The van der Waals surface area contributed by atoms with Crippen LogP contribution in [0.25, 0.3) is 10.9 Å². The lowest BCUT2D eigenvalue weighted by Gasteiger charge is -2.07. The first kappa shape index (κ1) is 18.8. The monoisotopic (exact) mass is 365 g/mol. The van der Waals surface area contributed by atoms with E-state index in [0.29, 0.717) is 5.69 Å². The Bertz CT molecular complexity index is 960. The van der Waals surface area contributed by atoms with Crippen LogP contribution in [-0.4, -0.2) is 33.0 Å². The zero-order chi connectivity index (χ0) is 19.8. The summed E-state index contributed by atoms with van der Waals surface area (Å²) in [6, 6.07) is 1.02. The summed E-state index contributed by atoms with van der Waals surface area (Å²) in [5.41, 5.74) is -1.32. The van der Waals surface area contributed by atoms with Crippen molar-refractivity contribution in [3.63, 3.8) is 0 Å². The Morgan fingerprint density at radius 3 is 2.31 bits per heavy atom. The number of ether oxygens (including phenoxy) is 2. The number of aryl methyl sites for hydroxylation is 1. The predicted molar refractivity (Wildman–Crippen MR) is 88.2 cm³/mol. The summed E-state index contributed by atoms with van der Waals surface area (Å²) in [5, 5.41) is 22.8. The SMILES string of the molecule is CCOC(=O)c1c(C)n(C)c2cc([N+](=O)[O-])c(OC(C)=O)c([N+](=O)[O-])c12. The van der Waals surface area contributed by atoms with Crippen LogP contribution < -0.4 is 4.74 Å². The number of carbonyl (C=O) groups is 2. The Morgan fingerprint density at radius 2 is 1.85 bits per heavy atom. The van der Waals surface area contributed by atoms with Gasteiger partial charge in [-0.1, -0.05) is 0 Å². The molecule has 0 saturated heterocycles. The van der Waals surface area contributed by atoms with Gasteiger partial charge < -0.3 is 14.0 Å². The van der Waals surface area contributed by atoms with E-state index in [-0.39, 0.29) is 23.1 Å². The highest BCUT2D eigenvalue weighted by molar-refractivity contribution is 6.12. The first-order valence-corrected chi connectivity index (χ1v) is 7.42. The second kappa shape index (κ2) is 6.78. The third-order valence-corrected chi connectivity index (χ3v) is 3.79. The molecule has 0 saturated carbocycles. The van der Waals surface area contributed by atoms with E-state index < -0.39 is 38.9 Å². The molecule has 0 bridgehead atoms. The molecule has 0 fully saturated rings. The van der Waals surface area contributed by atoms with Crippen LogP contribution in [0.1, 0.15) is 29.9 Å². The molecule has 11 nitrogen and oxygen atoms in total. The third kappa shape index (κ3) is 2.94. The van der Waals surface area contributed by atoms with E-state index in [4.69, 9.17) is 9.47 Å². The molecule has 0 N–H and O–H groups in total. The van der Waals surface area contributed by atoms with Gasteiger partial charge in [0.2, 0.25) is 0 Å². The van der Waals surface area contributed by atoms with Crippen LogP contribution in [0, 0.1) is 27.2 Å². The van der Waals surface area contributed by atoms with Crippen molar-refractivity contribution in [1.29, 1.82) is 0 Å². The highest BCUT2D eigenvalue weighted by atomic mass is 16.6. The van der Waals surface area contributed by atoms with Crippen LogP contribution in [0.15, 0.2) is 6.07 Å². The molecule has 0 aliphatic rings. The maximum Gasteiger partial charge on any atom is 0.340 e. The van der Waals surface area contributed by atoms with Crippen LogP contribution in [0.3, 0.4) is 0 Å². The van der Waals surface area contributed by atoms with Crippen molar-refractivity contribution in [3.8, 4) is 5.75 Å². The summed E-state index contributed by atoms with van der Waals surface area (Å²) in [6.07, 6.45) is 0. The van der Waals surface area contributed by atoms with Crippen molar-refractivity contribution in [2.75, 3.05) is 6.61 Å². The molecular weight excluding hydrogens is 350 g/mol. The molecule has 0 unspecified atom stereocenters. The highest BCUT2D eigenvalue weighted by Crippen LogP contribution is 2.45. The lowest BCUT2D eigenvalue weighted by molar-refractivity contribution is -0.394. The Balaban J connectivity index is 3.08. The van der Waals surface area contributed by atoms with Crippen LogP contribution in [0.2, 0.25) is 0 Å². The fourth-order valence-electron chi connectivity index (χ4n) is 2.67. The van der Waals surface area contributed by atoms with Crippen molar-refractivity contribution in [2.45, 2.75) is 20.8 Å². The van der Waals surface area contributed by atoms with Gasteiger partial charge in [0, 0.05) is 25.7 Å². The summed E-state index contributed by atoms with van der Waals surface area (Å²) >= 11 is 0. The average molecular weight is 365 g/mol. The molecule has 0 amide bonds. The number of carbonyl (C=O) groups excluding carboxylic acids is 2. The molecule has 1 heterocycles. The van der Waals surface area contributed by atoms with Gasteiger partial charge in [-0.05, 0) is 13.8 Å². The number of nitro groups is 2. The lowest BCUT2D eigenvalue weighted by atomic mass is 10.1. The molecule has 0 aliphatic heterocycles. The smallest absolute Gasteiger partial charge is 0.340 e. The number of nitrogens with zero attached hydrogens (tertiary/aromatic N) is 3. The first-order valence-electron chi connectivity index (χ1n) is 7.42. The maximum atomic E-state index is 12.3. The van der Waals surface area contributed by atoms with E-state index >= 15 is 0 Å². The van der Waals surface area contributed by atoms with Gasteiger partial charge in [-0.25, -0.2) is 4.79 Å². The van der Waals surface area contributed by atoms with Crippen LogP contribution in [0.5, 0.6) is 5.75 Å². The summed E-state index contributed by atoms with van der Waals surface area (Å²) < 4.78 is 11.1. The van der Waals surface area contributed by atoms with Crippen LogP contribution >= 0.6 is 0 Å². The van der Waals surface area contributed by atoms with Gasteiger partial charge in [-0.15, -0.1) is 0 Å². The van der Waals surface area contributed by atoms with Crippen molar-refractivity contribution in [1.82, 2.24) is 4.57 Å². The second-order valence-corrected chi connectivity index (χ2v) is 5.32. The van der Waals surface area contributed by atoms with Crippen molar-refractivity contribution < 1.29 is 28.9 Å². The number of nitro benzene ring substituents is 2. The van der Waals surface area contributed by atoms with Crippen molar-refractivity contribution >= 4 is 34.2 Å². The number of benzene rings is 1. The minimum absolute atomic E-state index is 0.0340. The number of rotatable bonds is 5.